The van der Waals surface area contributed by atoms with Crippen molar-refractivity contribution in [3.63, 3.8) is 0 Å². The Bertz CT molecular complexity index is 1410. The molecule has 212 valence electrons. The van der Waals surface area contributed by atoms with Crippen LogP contribution in [0, 0.1) is 41.5 Å². The fraction of sp³-hybridized carbons (Fsp3) is 0.389. The average Bonchev–Trinajstić information content (AvgIpc) is 3.12. The van der Waals surface area contributed by atoms with Crippen molar-refractivity contribution in [2.45, 2.75) is 74.3 Å². The molecule has 3 aromatic carbocycles. The molecule has 1 aliphatic rings. The van der Waals surface area contributed by atoms with Crippen molar-refractivity contribution in [3.8, 4) is 17.2 Å². The van der Waals surface area contributed by atoms with Gasteiger partial charge in [0, 0.05) is 5.04 Å². The van der Waals surface area contributed by atoms with E-state index in [4.69, 9.17) is 14.2 Å². The van der Waals surface area contributed by atoms with Crippen molar-refractivity contribution < 1.29 is 14.2 Å². The predicted molar refractivity (Wildman–Crippen MR) is 173 cm³/mol. The molecule has 0 radical (unpaired) electrons. The summed E-state index contributed by atoms with van der Waals surface area (Å²) in [7, 11) is 2.27. The SMILES string of the molecule is COc1cc(C)c(C)cc1[Si](c1cc(C)c(C)cc1OC)(c1cc(C)c(C)cc1OC)C1(C)C=C(C)C(C)=C1C. The minimum Gasteiger partial charge on any atom is -0.497 e. The van der Waals surface area contributed by atoms with E-state index in [0.29, 0.717) is 0 Å². The van der Waals surface area contributed by atoms with E-state index >= 15 is 0 Å². The van der Waals surface area contributed by atoms with Crippen molar-refractivity contribution in [2.75, 3.05) is 21.3 Å². The second-order valence-corrected chi connectivity index (χ2v) is 16.1. The summed E-state index contributed by atoms with van der Waals surface area (Å²) in [5.74, 6) is 2.75. The summed E-state index contributed by atoms with van der Waals surface area (Å²) >= 11 is 0. The van der Waals surface area contributed by atoms with Gasteiger partial charge in [-0.3, -0.25) is 0 Å². The van der Waals surface area contributed by atoms with Gasteiger partial charge >= 0.3 is 0 Å². The molecule has 0 fully saturated rings. The molecule has 0 saturated carbocycles. The van der Waals surface area contributed by atoms with Gasteiger partial charge in [0.05, 0.1) is 21.3 Å². The van der Waals surface area contributed by atoms with Gasteiger partial charge in [0.1, 0.15) is 17.2 Å². The number of benzene rings is 3. The lowest BCUT2D eigenvalue weighted by Crippen LogP contribution is -2.73. The first-order chi connectivity index (χ1) is 18.8. The molecule has 0 amide bonds. The van der Waals surface area contributed by atoms with Crippen LogP contribution in [0.5, 0.6) is 17.2 Å². The van der Waals surface area contributed by atoms with E-state index < -0.39 is 8.07 Å². The van der Waals surface area contributed by atoms with Gasteiger partial charge in [0.25, 0.3) is 0 Å². The first kappa shape index (κ1) is 29.7. The van der Waals surface area contributed by atoms with Crippen LogP contribution >= 0.6 is 0 Å². The van der Waals surface area contributed by atoms with E-state index in [1.54, 1.807) is 21.3 Å². The van der Waals surface area contributed by atoms with Crippen LogP contribution in [0.3, 0.4) is 0 Å². The van der Waals surface area contributed by atoms with Crippen LogP contribution in [0.15, 0.2) is 59.2 Å². The molecule has 3 aromatic rings. The molecular weight excluding hydrogens is 508 g/mol. The lowest BCUT2D eigenvalue weighted by Gasteiger charge is -2.48. The highest BCUT2D eigenvalue weighted by molar-refractivity contribution is 7.15. The van der Waals surface area contributed by atoms with Crippen molar-refractivity contribution in [1.82, 2.24) is 0 Å². The molecule has 1 aliphatic carbocycles. The Kier molecular flexibility index (Phi) is 7.90. The number of aryl methyl sites for hydroxylation is 6. The summed E-state index contributed by atoms with van der Waals surface area (Å²) in [4.78, 5) is 0. The molecule has 3 nitrogen and oxygen atoms in total. The summed E-state index contributed by atoms with van der Waals surface area (Å²) in [6.07, 6.45) is 2.52. The lowest BCUT2D eigenvalue weighted by atomic mass is 10.0. The number of ether oxygens (including phenoxy) is 3. The van der Waals surface area contributed by atoms with E-state index in [9.17, 15) is 0 Å². The van der Waals surface area contributed by atoms with Gasteiger partial charge in [-0.15, -0.1) is 0 Å². The van der Waals surface area contributed by atoms with Gasteiger partial charge in [-0.25, -0.2) is 0 Å². The zero-order valence-corrected chi connectivity index (χ0v) is 27.8. The fourth-order valence-electron chi connectivity index (χ4n) is 6.75. The van der Waals surface area contributed by atoms with Crippen LogP contribution in [0.25, 0.3) is 0 Å². The van der Waals surface area contributed by atoms with Crippen molar-refractivity contribution >= 4 is 23.6 Å². The van der Waals surface area contributed by atoms with Gasteiger partial charge in [-0.05, 0) is 135 Å². The average molecular weight is 555 g/mol. The van der Waals surface area contributed by atoms with E-state index in [2.05, 4.69) is 112 Å². The second-order valence-electron chi connectivity index (χ2n) is 11.9. The van der Waals surface area contributed by atoms with Crippen molar-refractivity contribution in [1.29, 1.82) is 0 Å². The van der Waals surface area contributed by atoms with Crippen LogP contribution in [0.4, 0.5) is 0 Å². The maximum atomic E-state index is 6.29. The third kappa shape index (κ3) is 4.23. The summed E-state index contributed by atoms with van der Waals surface area (Å²) in [5.41, 5.74) is 11.5. The largest absolute Gasteiger partial charge is 0.497 e. The molecule has 4 heteroatoms. The highest BCUT2D eigenvalue weighted by Gasteiger charge is 2.59. The van der Waals surface area contributed by atoms with Gasteiger partial charge in [0.15, 0.2) is 8.07 Å². The van der Waals surface area contributed by atoms with Crippen LogP contribution in [0.1, 0.15) is 61.1 Å². The molecule has 0 spiro atoms. The van der Waals surface area contributed by atoms with Crippen LogP contribution in [-0.2, 0) is 0 Å². The molecule has 40 heavy (non-hydrogen) atoms. The van der Waals surface area contributed by atoms with Gasteiger partial charge in [-0.2, -0.15) is 0 Å². The van der Waals surface area contributed by atoms with E-state index in [1.807, 2.05) is 0 Å². The summed E-state index contributed by atoms with van der Waals surface area (Å²) < 4.78 is 18.9. The van der Waals surface area contributed by atoms with E-state index in [0.717, 1.165) is 17.2 Å². The minimum absolute atomic E-state index is 0.333. The topological polar surface area (TPSA) is 27.7 Å². The van der Waals surface area contributed by atoms with E-state index in [1.165, 1.54) is 65.7 Å². The zero-order valence-electron chi connectivity index (χ0n) is 26.8. The first-order valence-electron chi connectivity index (χ1n) is 14.1. The van der Waals surface area contributed by atoms with Gasteiger partial charge in [0.2, 0.25) is 0 Å². The van der Waals surface area contributed by atoms with Crippen LogP contribution < -0.4 is 29.8 Å². The van der Waals surface area contributed by atoms with Gasteiger partial charge < -0.3 is 14.2 Å². The number of rotatable bonds is 7. The Balaban J connectivity index is 2.45. The standard InChI is InChI=1S/C36H46O3Si/c1-21-14-30(37-11)33(17-24(21)4)40(36(10)20-27(7)28(8)29(36)9,34-18-25(5)22(2)15-31(34)38-12)35-19-26(6)23(3)16-32(35)39-13/h14-20H,1-13H3. The molecule has 4 rings (SSSR count). The summed E-state index contributed by atoms with van der Waals surface area (Å²) in [6, 6.07) is 13.8. The maximum Gasteiger partial charge on any atom is 0.175 e. The Morgan fingerprint density at radius 3 is 1.05 bits per heavy atom. The highest BCUT2D eigenvalue weighted by Crippen LogP contribution is 2.54. The van der Waals surface area contributed by atoms with Crippen LogP contribution in [-0.4, -0.2) is 29.4 Å². The maximum absolute atomic E-state index is 6.29. The zero-order chi connectivity index (χ0) is 29.7. The Hall–Kier alpha value is -3.24. The lowest BCUT2D eigenvalue weighted by molar-refractivity contribution is 0.414. The summed E-state index contributed by atoms with van der Waals surface area (Å²) in [5, 5.41) is 3.38. The molecule has 1 atom stereocenters. The summed E-state index contributed by atoms with van der Waals surface area (Å²) in [6.45, 7) is 22.4. The third-order valence-corrected chi connectivity index (χ3v) is 15.6. The predicted octanol–water partition coefficient (Wildman–Crippen LogP) is 7.09. The molecule has 0 saturated heterocycles. The minimum atomic E-state index is -3.13. The first-order valence-corrected chi connectivity index (χ1v) is 16.1. The number of allylic oxidation sites excluding steroid dienone is 4. The number of methoxy groups -OCH3 is 3. The molecule has 0 heterocycles. The molecule has 1 unspecified atom stereocenters. The number of hydrogen-bond donors (Lipinski definition) is 0. The molecular formula is C36H46O3Si. The Labute approximate surface area is 242 Å². The monoisotopic (exact) mass is 554 g/mol. The smallest absolute Gasteiger partial charge is 0.175 e. The Morgan fingerprint density at radius 2 is 0.800 bits per heavy atom. The molecule has 0 aliphatic heterocycles. The van der Waals surface area contributed by atoms with E-state index in [-0.39, 0.29) is 5.04 Å². The highest BCUT2D eigenvalue weighted by atomic mass is 28.3. The number of hydrogen-bond acceptors (Lipinski definition) is 3. The third-order valence-electron chi connectivity index (χ3n) is 9.88. The van der Waals surface area contributed by atoms with Crippen molar-refractivity contribution in [3.05, 3.63) is 92.6 Å². The Morgan fingerprint density at radius 1 is 0.500 bits per heavy atom. The fourth-order valence-corrected chi connectivity index (χ4v) is 13.4. The normalized spacial score (nSPS) is 17.3. The molecule has 0 N–H and O–H groups in total. The molecule has 0 bridgehead atoms. The molecule has 0 aromatic heterocycles. The van der Waals surface area contributed by atoms with Gasteiger partial charge in [-0.1, -0.05) is 42.3 Å². The second kappa shape index (κ2) is 10.6. The quantitative estimate of drug-likeness (QED) is 0.231. The van der Waals surface area contributed by atoms with Crippen molar-refractivity contribution in [2.24, 2.45) is 0 Å². The van der Waals surface area contributed by atoms with Crippen LogP contribution in [0.2, 0.25) is 5.04 Å².